The Balaban J connectivity index is 1.29. The van der Waals surface area contributed by atoms with Crippen molar-refractivity contribution in [1.29, 1.82) is 0 Å². The Morgan fingerprint density at radius 3 is 1.33 bits per heavy atom. The molecule has 4 rings (SSSR count). The summed E-state index contributed by atoms with van der Waals surface area (Å²) in [5.41, 5.74) is 1.11. The zero-order valence-corrected chi connectivity index (χ0v) is 14.5. The van der Waals surface area contributed by atoms with Gasteiger partial charge in [-0.2, -0.15) is 0 Å². The van der Waals surface area contributed by atoms with Crippen LogP contribution in [0.3, 0.4) is 0 Å². The molecule has 0 bridgehead atoms. The summed E-state index contributed by atoms with van der Waals surface area (Å²) in [6.07, 6.45) is 0.799. The molecule has 2 saturated carbocycles. The molecule has 136 valence electrons. The van der Waals surface area contributed by atoms with Crippen molar-refractivity contribution >= 4 is 23.5 Å². The van der Waals surface area contributed by atoms with Crippen molar-refractivity contribution in [2.45, 2.75) is 12.8 Å². The van der Waals surface area contributed by atoms with Crippen LogP contribution in [-0.2, 0) is 14.3 Å². The summed E-state index contributed by atoms with van der Waals surface area (Å²) in [5, 5.41) is 0. The lowest BCUT2D eigenvalue weighted by molar-refractivity contribution is -0.161. The fourth-order valence-electron chi connectivity index (χ4n) is 3.37. The molecular formula is C22H18O5. The van der Waals surface area contributed by atoms with E-state index < -0.39 is 35.6 Å². The molecule has 2 fully saturated rings. The Morgan fingerprint density at radius 1 is 0.593 bits per heavy atom. The van der Waals surface area contributed by atoms with Crippen LogP contribution >= 0.6 is 0 Å². The standard InChI is InChI=1S/C22H18O5/c23-19(13-7-3-1-4-8-13)15-11-17(15)21(25)27-22(26)18-12-16(18)20(24)14-9-5-2-6-10-14/h1-10,15-18H,11-12H2/t15-,16-,17+,18+/m0/s1. The second-order valence-corrected chi connectivity index (χ2v) is 7.10. The van der Waals surface area contributed by atoms with E-state index in [9.17, 15) is 19.2 Å². The van der Waals surface area contributed by atoms with Gasteiger partial charge >= 0.3 is 11.9 Å². The van der Waals surface area contributed by atoms with Gasteiger partial charge in [0.2, 0.25) is 0 Å². The molecule has 0 amide bonds. The van der Waals surface area contributed by atoms with Crippen molar-refractivity contribution in [3.63, 3.8) is 0 Å². The summed E-state index contributed by atoms with van der Waals surface area (Å²) in [4.78, 5) is 49.0. The molecule has 27 heavy (non-hydrogen) atoms. The average molecular weight is 362 g/mol. The van der Waals surface area contributed by atoms with Gasteiger partial charge in [0.05, 0.1) is 11.8 Å². The molecule has 2 aliphatic rings. The quantitative estimate of drug-likeness (QED) is 0.448. The van der Waals surface area contributed by atoms with Crippen LogP contribution in [-0.4, -0.2) is 23.5 Å². The fraction of sp³-hybridized carbons (Fsp3) is 0.273. The number of ketones is 2. The van der Waals surface area contributed by atoms with E-state index in [1.807, 2.05) is 12.1 Å². The largest absolute Gasteiger partial charge is 0.393 e. The van der Waals surface area contributed by atoms with Crippen molar-refractivity contribution < 1.29 is 23.9 Å². The normalized spacial score (nSPS) is 25.3. The maximum absolute atomic E-state index is 12.3. The van der Waals surface area contributed by atoms with Gasteiger partial charge in [-0.3, -0.25) is 19.2 Å². The van der Waals surface area contributed by atoms with E-state index in [2.05, 4.69) is 0 Å². The molecule has 0 unspecified atom stereocenters. The molecule has 4 atom stereocenters. The Bertz CT molecular complexity index is 827. The van der Waals surface area contributed by atoms with Gasteiger partial charge in [-0.1, -0.05) is 60.7 Å². The number of hydrogen-bond acceptors (Lipinski definition) is 5. The zero-order valence-electron chi connectivity index (χ0n) is 14.5. The van der Waals surface area contributed by atoms with Gasteiger partial charge in [-0.15, -0.1) is 0 Å². The molecular weight excluding hydrogens is 344 g/mol. The molecule has 0 radical (unpaired) electrons. The van der Waals surface area contributed by atoms with E-state index in [0.717, 1.165) is 0 Å². The van der Waals surface area contributed by atoms with E-state index in [1.54, 1.807) is 48.5 Å². The highest BCUT2D eigenvalue weighted by Crippen LogP contribution is 2.45. The third-order valence-corrected chi connectivity index (χ3v) is 5.18. The molecule has 2 aromatic rings. The third kappa shape index (κ3) is 3.58. The molecule has 0 aromatic heterocycles. The number of hydrogen-bond donors (Lipinski definition) is 0. The smallest absolute Gasteiger partial charge is 0.317 e. The van der Waals surface area contributed by atoms with Crippen molar-refractivity contribution in [3.8, 4) is 0 Å². The zero-order chi connectivity index (χ0) is 19.0. The third-order valence-electron chi connectivity index (χ3n) is 5.18. The van der Waals surface area contributed by atoms with E-state index in [1.165, 1.54) is 0 Å². The summed E-state index contributed by atoms with van der Waals surface area (Å²) < 4.78 is 4.95. The van der Waals surface area contributed by atoms with E-state index >= 15 is 0 Å². The van der Waals surface area contributed by atoms with Gasteiger partial charge in [0, 0.05) is 23.0 Å². The molecule has 0 heterocycles. The first-order chi connectivity index (χ1) is 13.1. The Hall–Kier alpha value is -3.08. The molecule has 0 spiro atoms. The number of esters is 2. The minimum absolute atomic E-state index is 0.103. The number of carbonyl (C=O) groups excluding carboxylic acids is 4. The molecule has 0 N–H and O–H groups in total. The second-order valence-electron chi connectivity index (χ2n) is 7.10. The first-order valence-corrected chi connectivity index (χ1v) is 9.00. The Kier molecular flexibility index (Phi) is 4.44. The Morgan fingerprint density at radius 2 is 0.963 bits per heavy atom. The number of rotatable bonds is 6. The van der Waals surface area contributed by atoms with Gasteiger partial charge in [0.15, 0.2) is 11.6 Å². The average Bonchev–Trinajstić information content (AvgIpc) is 3.61. The van der Waals surface area contributed by atoms with Crippen molar-refractivity contribution in [1.82, 2.24) is 0 Å². The van der Waals surface area contributed by atoms with E-state index in [-0.39, 0.29) is 11.6 Å². The monoisotopic (exact) mass is 362 g/mol. The lowest BCUT2D eigenvalue weighted by Crippen LogP contribution is -2.19. The van der Waals surface area contributed by atoms with Crippen LogP contribution in [0.4, 0.5) is 0 Å². The van der Waals surface area contributed by atoms with Gasteiger partial charge in [0.1, 0.15) is 0 Å². The molecule has 5 heteroatoms. The molecule has 0 saturated heterocycles. The first-order valence-electron chi connectivity index (χ1n) is 9.00. The first kappa shape index (κ1) is 17.3. The van der Waals surface area contributed by atoms with Crippen LogP contribution in [0.15, 0.2) is 60.7 Å². The number of Topliss-reactive ketones (excluding diaryl/α,β-unsaturated/α-hetero) is 2. The summed E-state index contributed by atoms with van der Waals surface area (Å²) in [6, 6.07) is 17.5. The lowest BCUT2D eigenvalue weighted by Gasteiger charge is -2.03. The molecule has 2 aliphatic carbocycles. The maximum Gasteiger partial charge on any atom is 0.317 e. The van der Waals surface area contributed by atoms with Crippen LogP contribution in [0.5, 0.6) is 0 Å². The van der Waals surface area contributed by atoms with E-state index in [0.29, 0.717) is 24.0 Å². The van der Waals surface area contributed by atoms with Crippen LogP contribution < -0.4 is 0 Å². The second kappa shape index (κ2) is 6.91. The molecule has 5 nitrogen and oxygen atoms in total. The van der Waals surface area contributed by atoms with Crippen molar-refractivity contribution in [2.75, 3.05) is 0 Å². The van der Waals surface area contributed by atoms with Gasteiger partial charge in [-0.25, -0.2) is 0 Å². The lowest BCUT2D eigenvalue weighted by atomic mass is 10.1. The topological polar surface area (TPSA) is 77.5 Å². The summed E-state index contributed by atoms with van der Waals surface area (Å²) in [6.45, 7) is 0. The fourth-order valence-corrected chi connectivity index (χ4v) is 3.37. The van der Waals surface area contributed by atoms with Crippen LogP contribution in [0.1, 0.15) is 33.6 Å². The number of carbonyl (C=O) groups is 4. The molecule has 2 aromatic carbocycles. The summed E-state index contributed by atoms with van der Waals surface area (Å²) >= 11 is 0. The highest BCUT2D eigenvalue weighted by Gasteiger charge is 2.53. The SMILES string of the molecule is O=C(c1ccccc1)[C@H]1C[C@H]1C(=O)OC(=O)[C@@H]1C[C@@H]1C(=O)c1ccccc1. The minimum Gasteiger partial charge on any atom is -0.393 e. The van der Waals surface area contributed by atoms with Crippen molar-refractivity contribution in [3.05, 3.63) is 71.8 Å². The van der Waals surface area contributed by atoms with Gasteiger partial charge in [0.25, 0.3) is 0 Å². The highest BCUT2D eigenvalue weighted by atomic mass is 16.6. The van der Waals surface area contributed by atoms with Gasteiger partial charge in [-0.05, 0) is 12.8 Å². The maximum atomic E-state index is 12.3. The Labute approximate surface area is 156 Å². The predicted octanol–water partition coefficient (Wildman–Crippen LogP) is 3.09. The number of benzene rings is 2. The minimum atomic E-state index is -0.660. The summed E-state index contributed by atoms with van der Waals surface area (Å²) in [7, 11) is 0. The van der Waals surface area contributed by atoms with Crippen LogP contribution in [0.2, 0.25) is 0 Å². The highest BCUT2D eigenvalue weighted by molar-refractivity contribution is 6.06. The van der Waals surface area contributed by atoms with Crippen LogP contribution in [0, 0.1) is 23.7 Å². The van der Waals surface area contributed by atoms with Crippen molar-refractivity contribution in [2.24, 2.45) is 23.7 Å². The van der Waals surface area contributed by atoms with Crippen LogP contribution in [0.25, 0.3) is 0 Å². The van der Waals surface area contributed by atoms with Gasteiger partial charge < -0.3 is 4.74 Å². The number of ether oxygens (including phenoxy) is 1. The molecule has 0 aliphatic heterocycles. The predicted molar refractivity (Wildman–Crippen MR) is 95.8 cm³/mol. The van der Waals surface area contributed by atoms with E-state index in [4.69, 9.17) is 4.74 Å². The summed E-state index contributed by atoms with van der Waals surface area (Å²) in [5.74, 6) is -3.50.